The molecular formula is C15H26N2OS. The Balaban J connectivity index is 2.16. The topological polar surface area (TPSA) is 34.1 Å². The Labute approximate surface area is 120 Å². The zero-order valence-electron chi connectivity index (χ0n) is 12.5. The molecule has 0 bridgehead atoms. The maximum atomic E-state index is 5.17. The van der Waals surface area contributed by atoms with Gasteiger partial charge < -0.3 is 10.1 Å². The average molecular weight is 282 g/mol. The first-order chi connectivity index (χ1) is 9.07. The van der Waals surface area contributed by atoms with Gasteiger partial charge in [0.1, 0.15) is 5.01 Å². The molecule has 3 nitrogen and oxygen atoms in total. The summed E-state index contributed by atoms with van der Waals surface area (Å²) in [5.74, 6) is 1.29. The van der Waals surface area contributed by atoms with Crippen molar-refractivity contribution in [3.63, 3.8) is 0 Å². The molecule has 1 aromatic rings. The van der Waals surface area contributed by atoms with Crippen molar-refractivity contribution >= 4 is 11.3 Å². The minimum absolute atomic E-state index is 0.0930. The molecule has 108 valence electrons. The number of ether oxygens (including phenoxy) is 1. The van der Waals surface area contributed by atoms with Gasteiger partial charge in [0.05, 0.1) is 17.8 Å². The van der Waals surface area contributed by atoms with E-state index in [1.54, 1.807) is 7.11 Å². The van der Waals surface area contributed by atoms with Gasteiger partial charge in [-0.25, -0.2) is 4.98 Å². The van der Waals surface area contributed by atoms with Crippen molar-refractivity contribution in [1.82, 2.24) is 10.3 Å². The standard InChI is InChI=1S/C15H26N2OS/c1-11(2)13-10-19-14(17-13)15(16-7-8-18-4)6-5-12(3)9-15/h10-12,16H,5-9H2,1-4H3. The van der Waals surface area contributed by atoms with E-state index in [-0.39, 0.29) is 5.54 Å². The number of methoxy groups -OCH3 is 1. The van der Waals surface area contributed by atoms with Crippen LogP contribution in [0, 0.1) is 5.92 Å². The zero-order chi connectivity index (χ0) is 13.9. The van der Waals surface area contributed by atoms with Crippen molar-refractivity contribution in [3.8, 4) is 0 Å². The minimum Gasteiger partial charge on any atom is -0.383 e. The van der Waals surface area contributed by atoms with Crippen LogP contribution in [0.15, 0.2) is 5.38 Å². The second kappa shape index (κ2) is 6.33. The van der Waals surface area contributed by atoms with E-state index in [1.165, 1.54) is 30.0 Å². The van der Waals surface area contributed by atoms with Crippen LogP contribution >= 0.6 is 11.3 Å². The number of nitrogens with zero attached hydrogens (tertiary/aromatic N) is 1. The molecular weight excluding hydrogens is 256 g/mol. The van der Waals surface area contributed by atoms with Crippen LogP contribution in [-0.2, 0) is 10.3 Å². The quantitative estimate of drug-likeness (QED) is 0.811. The van der Waals surface area contributed by atoms with Gasteiger partial charge in [0.2, 0.25) is 0 Å². The summed E-state index contributed by atoms with van der Waals surface area (Å²) in [6.45, 7) is 8.43. The van der Waals surface area contributed by atoms with E-state index in [0.717, 1.165) is 19.1 Å². The van der Waals surface area contributed by atoms with Crippen LogP contribution in [0.1, 0.15) is 56.7 Å². The number of nitrogens with one attached hydrogen (secondary N) is 1. The fourth-order valence-corrected chi connectivity index (χ4v) is 4.08. The van der Waals surface area contributed by atoms with E-state index in [2.05, 4.69) is 31.5 Å². The van der Waals surface area contributed by atoms with Crippen LogP contribution in [0.25, 0.3) is 0 Å². The summed E-state index contributed by atoms with van der Waals surface area (Å²) in [6.07, 6.45) is 3.68. The first-order valence-electron chi connectivity index (χ1n) is 7.27. The Morgan fingerprint density at radius 2 is 2.37 bits per heavy atom. The van der Waals surface area contributed by atoms with Gasteiger partial charge in [-0.3, -0.25) is 0 Å². The van der Waals surface area contributed by atoms with Gasteiger partial charge in [-0.15, -0.1) is 11.3 Å². The maximum Gasteiger partial charge on any atom is 0.113 e. The minimum atomic E-state index is 0.0930. The SMILES string of the molecule is COCCNC1(c2nc(C(C)C)cs2)CCC(C)C1. The van der Waals surface area contributed by atoms with Gasteiger partial charge in [-0.05, 0) is 31.1 Å². The van der Waals surface area contributed by atoms with Crippen LogP contribution in [0.5, 0.6) is 0 Å². The molecule has 0 saturated heterocycles. The summed E-state index contributed by atoms with van der Waals surface area (Å²) in [4.78, 5) is 4.89. The molecule has 0 aliphatic heterocycles. The van der Waals surface area contributed by atoms with Crippen molar-refractivity contribution < 1.29 is 4.74 Å². The van der Waals surface area contributed by atoms with Crippen LogP contribution in [0.4, 0.5) is 0 Å². The Morgan fingerprint density at radius 3 is 2.89 bits per heavy atom. The van der Waals surface area contributed by atoms with E-state index in [4.69, 9.17) is 9.72 Å². The smallest absolute Gasteiger partial charge is 0.113 e. The summed E-state index contributed by atoms with van der Waals surface area (Å²) >= 11 is 1.82. The fraction of sp³-hybridized carbons (Fsp3) is 0.800. The molecule has 2 atom stereocenters. The second-order valence-electron chi connectivity index (χ2n) is 6.08. The predicted octanol–water partition coefficient (Wildman–Crippen LogP) is 3.52. The van der Waals surface area contributed by atoms with Crippen molar-refractivity contribution in [2.24, 2.45) is 5.92 Å². The third-order valence-corrected chi connectivity index (χ3v) is 5.12. The highest BCUT2D eigenvalue weighted by atomic mass is 32.1. The summed E-state index contributed by atoms with van der Waals surface area (Å²) in [5.41, 5.74) is 1.32. The molecule has 1 aliphatic carbocycles. The van der Waals surface area contributed by atoms with Crippen molar-refractivity contribution in [2.45, 2.75) is 51.5 Å². The van der Waals surface area contributed by atoms with Crippen LogP contribution in [-0.4, -0.2) is 25.2 Å². The summed E-state index contributed by atoms with van der Waals surface area (Å²) in [7, 11) is 1.76. The third-order valence-electron chi connectivity index (χ3n) is 4.05. The second-order valence-corrected chi connectivity index (χ2v) is 6.94. The average Bonchev–Trinajstić information content (AvgIpc) is 2.97. The van der Waals surface area contributed by atoms with E-state index in [9.17, 15) is 0 Å². The van der Waals surface area contributed by atoms with Crippen molar-refractivity contribution in [3.05, 3.63) is 16.1 Å². The van der Waals surface area contributed by atoms with Crippen molar-refractivity contribution in [1.29, 1.82) is 0 Å². The molecule has 0 aromatic carbocycles. The third kappa shape index (κ3) is 3.36. The van der Waals surface area contributed by atoms with E-state index < -0.39 is 0 Å². The van der Waals surface area contributed by atoms with E-state index in [0.29, 0.717) is 5.92 Å². The van der Waals surface area contributed by atoms with Crippen molar-refractivity contribution in [2.75, 3.05) is 20.3 Å². The monoisotopic (exact) mass is 282 g/mol. The summed E-state index contributed by atoms with van der Waals surface area (Å²) < 4.78 is 5.17. The number of hydrogen-bond acceptors (Lipinski definition) is 4. The molecule has 1 saturated carbocycles. The first kappa shape index (κ1) is 14.9. The van der Waals surface area contributed by atoms with Crippen LogP contribution in [0.3, 0.4) is 0 Å². The first-order valence-corrected chi connectivity index (χ1v) is 8.15. The highest BCUT2D eigenvalue weighted by molar-refractivity contribution is 7.09. The maximum absolute atomic E-state index is 5.17. The molecule has 0 spiro atoms. The Hall–Kier alpha value is -0.450. The lowest BCUT2D eigenvalue weighted by molar-refractivity contribution is 0.182. The fourth-order valence-electron chi connectivity index (χ4n) is 2.89. The van der Waals surface area contributed by atoms with Crippen LogP contribution in [0.2, 0.25) is 0 Å². The lowest BCUT2D eigenvalue weighted by Crippen LogP contribution is -2.42. The molecule has 1 aromatic heterocycles. The lowest BCUT2D eigenvalue weighted by Gasteiger charge is -2.28. The van der Waals surface area contributed by atoms with Gasteiger partial charge in [0.15, 0.2) is 0 Å². The molecule has 1 fully saturated rings. The number of rotatable bonds is 6. The number of aromatic nitrogens is 1. The van der Waals surface area contributed by atoms with Gasteiger partial charge in [-0.1, -0.05) is 20.8 Å². The van der Waals surface area contributed by atoms with Gasteiger partial charge >= 0.3 is 0 Å². The van der Waals surface area contributed by atoms with E-state index >= 15 is 0 Å². The summed E-state index contributed by atoms with van der Waals surface area (Å²) in [5, 5.41) is 7.22. The molecule has 1 aliphatic rings. The zero-order valence-corrected chi connectivity index (χ0v) is 13.3. The lowest BCUT2D eigenvalue weighted by atomic mass is 9.96. The highest BCUT2D eigenvalue weighted by Gasteiger charge is 2.40. The number of thiazole rings is 1. The largest absolute Gasteiger partial charge is 0.383 e. The van der Waals surface area contributed by atoms with E-state index in [1.807, 2.05) is 11.3 Å². The van der Waals surface area contributed by atoms with Gasteiger partial charge in [0.25, 0.3) is 0 Å². The normalized spacial score (nSPS) is 27.3. The molecule has 0 amide bonds. The molecule has 0 radical (unpaired) electrons. The molecule has 1 heterocycles. The molecule has 1 N–H and O–H groups in total. The predicted molar refractivity (Wildman–Crippen MR) is 80.8 cm³/mol. The summed E-state index contributed by atoms with van der Waals surface area (Å²) in [6, 6.07) is 0. The van der Waals surface area contributed by atoms with Crippen LogP contribution < -0.4 is 5.32 Å². The number of hydrogen-bond donors (Lipinski definition) is 1. The molecule has 2 unspecified atom stereocenters. The Kier molecular flexibility index (Phi) is 4.98. The Bertz CT molecular complexity index is 405. The van der Waals surface area contributed by atoms with Gasteiger partial charge in [-0.2, -0.15) is 0 Å². The van der Waals surface area contributed by atoms with Gasteiger partial charge in [0, 0.05) is 19.0 Å². The molecule has 19 heavy (non-hydrogen) atoms. The molecule has 2 rings (SSSR count). The highest BCUT2D eigenvalue weighted by Crippen LogP contribution is 2.43. The Morgan fingerprint density at radius 1 is 1.58 bits per heavy atom. The molecule has 4 heteroatoms.